The van der Waals surface area contributed by atoms with Gasteiger partial charge in [-0.2, -0.15) is 0 Å². The summed E-state index contributed by atoms with van der Waals surface area (Å²) in [6, 6.07) is 13.4. The van der Waals surface area contributed by atoms with Crippen LogP contribution in [0.2, 0.25) is 0 Å². The lowest BCUT2D eigenvalue weighted by atomic mass is 9.95. The normalized spacial score (nSPS) is 23.4. The molecule has 0 aliphatic carbocycles. The molecule has 6 rings (SSSR count). The molecule has 2 bridgehead atoms. The minimum Gasteiger partial charge on any atom is -0.361 e. The summed E-state index contributed by atoms with van der Waals surface area (Å²) < 4.78 is 5.38. The molecule has 0 amide bonds. The van der Waals surface area contributed by atoms with Gasteiger partial charge in [0.15, 0.2) is 0 Å². The predicted octanol–water partition coefficient (Wildman–Crippen LogP) is 3.94. The molecule has 5 heterocycles. The van der Waals surface area contributed by atoms with Crippen LogP contribution < -0.4 is 0 Å². The summed E-state index contributed by atoms with van der Waals surface area (Å²) >= 11 is 0. The molecule has 2 aromatic heterocycles. The third kappa shape index (κ3) is 3.45. The van der Waals surface area contributed by atoms with Gasteiger partial charge in [-0.15, -0.1) is 0 Å². The van der Waals surface area contributed by atoms with E-state index in [1.54, 1.807) is 0 Å². The highest BCUT2D eigenvalue weighted by Crippen LogP contribution is 2.30. The van der Waals surface area contributed by atoms with E-state index in [0.717, 1.165) is 42.5 Å². The predicted molar refractivity (Wildman–Crippen MR) is 110 cm³/mol. The molecule has 0 spiro atoms. The molecule has 0 N–H and O–H groups in total. The van der Waals surface area contributed by atoms with E-state index in [2.05, 4.69) is 58.3 Å². The molecule has 3 fully saturated rings. The summed E-state index contributed by atoms with van der Waals surface area (Å²) in [6.45, 7) is 9.45. The number of rotatable bonds is 4. The van der Waals surface area contributed by atoms with Gasteiger partial charge in [-0.25, -0.2) is 0 Å². The number of pyridine rings is 1. The molecule has 5 heteroatoms. The molecular weight excluding hydrogens is 348 g/mol. The van der Waals surface area contributed by atoms with E-state index < -0.39 is 0 Å². The van der Waals surface area contributed by atoms with Gasteiger partial charge in [-0.3, -0.25) is 14.8 Å². The van der Waals surface area contributed by atoms with Crippen LogP contribution in [0.25, 0.3) is 10.9 Å². The van der Waals surface area contributed by atoms with E-state index in [4.69, 9.17) is 9.51 Å². The van der Waals surface area contributed by atoms with E-state index in [-0.39, 0.29) is 0 Å². The Balaban J connectivity index is 1.32. The third-order valence-electron chi connectivity index (χ3n) is 6.49. The maximum Gasteiger partial charge on any atom is 0.138 e. The third-order valence-corrected chi connectivity index (χ3v) is 6.49. The van der Waals surface area contributed by atoms with Gasteiger partial charge in [0.1, 0.15) is 5.76 Å². The van der Waals surface area contributed by atoms with Crippen molar-refractivity contribution >= 4 is 10.9 Å². The number of hydrogen-bond donors (Lipinski definition) is 0. The summed E-state index contributed by atoms with van der Waals surface area (Å²) in [5.74, 6) is 1.70. The molecule has 3 aliphatic rings. The van der Waals surface area contributed by atoms with E-state index in [1.807, 2.05) is 6.92 Å². The maximum absolute atomic E-state index is 5.38. The Morgan fingerprint density at radius 2 is 1.89 bits per heavy atom. The van der Waals surface area contributed by atoms with Crippen LogP contribution in [0, 0.1) is 19.8 Å². The van der Waals surface area contributed by atoms with E-state index in [9.17, 15) is 0 Å². The highest BCUT2D eigenvalue weighted by atomic mass is 16.5. The number of fused-ring (bicyclic) bond motifs is 5. The average molecular weight is 377 g/mol. The van der Waals surface area contributed by atoms with Gasteiger partial charge in [0, 0.05) is 49.7 Å². The number of hydrogen-bond acceptors (Lipinski definition) is 5. The molecule has 0 unspecified atom stereocenters. The first-order valence-electron chi connectivity index (χ1n) is 10.4. The van der Waals surface area contributed by atoms with Crippen molar-refractivity contribution in [1.82, 2.24) is 19.9 Å². The molecule has 2 atom stereocenters. The van der Waals surface area contributed by atoms with Crippen molar-refractivity contribution in [3.8, 4) is 0 Å². The van der Waals surface area contributed by atoms with Gasteiger partial charge in [0.05, 0.1) is 16.9 Å². The lowest BCUT2D eigenvalue weighted by molar-refractivity contribution is 0.121. The number of benzene rings is 1. The Kier molecular flexibility index (Phi) is 4.65. The van der Waals surface area contributed by atoms with Crippen LogP contribution in [0.3, 0.4) is 0 Å². The minimum absolute atomic E-state index is 0.604. The standard InChI is InChI=1S/C23H28N4O/c1-16-22(17(2)28-25-16)15-26-11-18-7-10-21(14-26)27(12-18)13-20-9-8-19-5-3-4-6-23(19)24-20/h3-6,8-9,18,21H,7,10-15H2,1-2H3/t18-,21+/m1/s1. The summed E-state index contributed by atoms with van der Waals surface area (Å²) in [4.78, 5) is 10.2. The zero-order valence-corrected chi connectivity index (χ0v) is 16.8. The Hall–Kier alpha value is -2.24. The molecule has 1 aromatic carbocycles. The quantitative estimate of drug-likeness (QED) is 0.690. The largest absolute Gasteiger partial charge is 0.361 e. The Labute approximate surface area is 166 Å². The number of piperidine rings is 1. The zero-order valence-electron chi connectivity index (χ0n) is 16.8. The first kappa shape index (κ1) is 17.8. The maximum atomic E-state index is 5.38. The lowest BCUT2D eigenvalue weighted by Crippen LogP contribution is -2.43. The van der Waals surface area contributed by atoms with Crippen molar-refractivity contribution < 1.29 is 4.52 Å². The van der Waals surface area contributed by atoms with Crippen LogP contribution in [0.1, 0.15) is 35.6 Å². The van der Waals surface area contributed by atoms with Gasteiger partial charge in [0.25, 0.3) is 0 Å². The summed E-state index contributed by atoms with van der Waals surface area (Å²) in [6.07, 6.45) is 2.63. The number of nitrogens with zero attached hydrogens (tertiary/aromatic N) is 4. The van der Waals surface area contributed by atoms with Crippen molar-refractivity contribution in [3.05, 3.63) is 59.1 Å². The molecule has 3 aromatic rings. The second-order valence-corrected chi connectivity index (χ2v) is 8.52. The van der Waals surface area contributed by atoms with Crippen molar-refractivity contribution in [1.29, 1.82) is 0 Å². The second-order valence-electron chi connectivity index (χ2n) is 8.52. The van der Waals surface area contributed by atoms with Crippen LogP contribution in [0.4, 0.5) is 0 Å². The fourth-order valence-corrected chi connectivity index (χ4v) is 4.95. The summed E-state index contributed by atoms with van der Waals surface area (Å²) in [5, 5.41) is 5.35. The van der Waals surface area contributed by atoms with Crippen molar-refractivity contribution in [3.63, 3.8) is 0 Å². The average Bonchev–Trinajstić information content (AvgIpc) is 2.88. The minimum atomic E-state index is 0.604. The van der Waals surface area contributed by atoms with Gasteiger partial charge in [0.2, 0.25) is 0 Å². The monoisotopic (exact) mass is 376 g/mol. The SMILES string of the molecule is Cc1noc(C)c1CN1C[C@H]2CC[C@@H](C1)N(Cc1ccc3ccccc3n1)C2. The fraction of sp³-hybridized carbons (Fsp3) is 0.478. The highest BCUT2D eigenvalue weighted by Gasteiger charge is 2.35. The van der Waals surface area contributed by atoms with Crippen LogP contribution >= 0.6 is 0 Å². The Bertz CT molecular complexity index is 962. The zero-order chi connectivity index (χ0) is 19.1. The van der Waals surface area contributed by atoms with Gasteiger partial charge in [-0.05, 0) is 44.7 Å². The molecule has 146 valence electrons. The molecule has 0 radical (unpaired) electrons. The van der Waals surface area contributed by atoms with Crippen LogP contribution in [0.15, 0.2) is 40.9 Å². The molecule has 5 nitrogen and oxygen atoms in total. The lowest BCUT2D eigenvalue weighted by Gasteiger charge is -2.36. The van der Waals surface area contributed by atoms with Gasteiger partial charge >= 0.3 is 0 Å². The number of aromatic nitrogens is 2. The first-order chi connectivity index (χ1) is 13.7. The van der Waals surface area contributed by atoms with Crippen LogP contribution in [0.5, 0.6) is 0 Å². The molecule has 3 aliphatic heterocycles. The van der Waals surface area contributed by atoms with Crippen LogP contribution in [-0.4, -0.2) is 45.6 Å². The fourth-order valence-electron chi connectivity index (χ4n) is 4.95. The number of para-hydroxylation sites is 1. The second kappa shape index (κ2) is 7.30. The molecule has 28 heavy (non-hydrogen) atoms. The summed E-state index contributed by atoms with van der Waals surface area (Å²) in [5.41, 5.74) is 4.58. The van der Waals surface area contributed by atoms with Gasteiger partial charge < -0.3 is 4.52 Å². The Morgan fingerprint density at radius 1 is 1.00 bits per heavy atom. The van der Waals surface area contributed by atoms with E-state index >= 15 is 0 Å². The first-order valence-corrected chi connectivity index (χ1v) is 10.4. The van der Waals surface area contributed by atoms with Crippen molar-refractivity contribution in [2.24, 2.45) is 5.92 Å². The van der Waals surface area contributed by atoms with Crippen molar-refractivity contribution in [2.45, 2.75) is 45.8 Å². The number of aryl methyl sites for hydroxylation is 2. The van der Waals surface area contributed by atoms with Crippen molar-refractivity contribution in [2.75, 3.05) is 19.6 Å². The highest BCUT2D eigenvalue weighted by molar-refractivity contribution is 5.78. The Morgan fingerprint density at radius 3 is 2.75 bits per heavy atom. The van der Waals surface area contributed by atoms with Gasteiger partial charge in [-0.1, -0.05) is 29.4 Å². The molecule has 0 saturated carbocycles. The molecule has 3 saturated heterocycles. The van der Waals surface area contributed by atoms with E-state index in [1.165, 1.54) is 42.6 Å². The summed E-state index contributed by atoms with van der Waals surface area (Å²) in [7, 11) is 0. The van der Waals surface area contributed by atoms with Crippen LogP contribution in [-0.2, 0) is 13.1 Å². The molecular formula is C23H28N4O. The van der Waals surface area contributed by atoms with E-state index in [0.29, 0.717) is 6.04 Å². The smallest absolute Gasteiger partial charge is 0.138 e. The topological polar surface area (TPSA) is 45.4 Å².